The van der Waals surface area contributed by atoms with E-state index in [4.69, 9.17) is 4.43 Å². The Hall–Kier alpha value is -3.48. The second-order valence-corrected chi connectivity index (χ2v) is 17.3. The zero-order chi connectivity index (χ0) is 33.2. The molecule has 0 aromatic heterocycles. The molecule has 0 bridgehead atoms. The van der Waals surface area contributed by atoms with Gasteiger partial charge in [-0.05, 0) is 37.0 Å². The first-order valence-electron chi connectivity index (χ1n) is 14.4. The Bertz CT molecular complexity index is 1360. The fraction of sp³-hybridized carbons (Fsp3) is 0.469. The van der Waals surface area contributed by atoms with Crippen LogP contribution in [0.2, 0.25) is 18.1 Å². The topological polar surface area (TPSA) is 90.4 Å². The van der Waals surface area contributed by atoms with Gasteiger partial charge in [-0.25, -0.2) is 10.0 Å². The molecule has 240 valence electrons. The molecule has 3 amide bonds. The van der Waals surface area contributed by atoms with Crippen molar-refractivity contribution in [1.29, 1.82) is 0 Å². The van der Waals surface area contributed by atoms with Gasteiger partial charge in [-0.15, -0.1) is 0 Å². The zero-order valence-electron chi connectivity index (χ0n) is 26.4. The smallest absolute Gasteiger partial charge is 0.412 e. The molecule has 2 aromatic carbocycles. The maximum Gasteiger partial charge on any atom is 0.416 e. The highest BCUT2D eigenvalue weighted by Crippen LogP contribution is 2.40. The molecule has 4 unspecified atom stereocenters. The van der Waals surface area contributed by atoms with Gasteiger partial charge in [0.1, 0.15) is 6.04 Å². The van der Waals surface area contributed by atoms with Crippen LogP contribution in [-0.2, 0) is 25.2 Å². The van der Waals surface area contributed by atoms with Crippen LogP contribution < -0.4 is 0 Å². The lowest BCUT2D eigenvalue weighted by Gasteiger charge is -2.49. The quantitative estimate of drug-likeness (QED) is 0.355. The molecule has 4 atom stereocenters. The number of hydrogen-bond donors (Lipinski definition) is 1. The Morgan fingerprint density at radius 1 is 1.00 bits per heavy atom. The number of carbonyl (C=O) groups is 3. The predicted octanol–water partition coefficient (Wildman–Crippen LogP) is 5.75. The van der Waals surface area contributed by atoms with Crippen LogP contribution in [0, 0.1) is 0 Å². The highest BCUT2D eigenvalue weighted by atomic mass is 28.4. The first-order chi connectivity index (χ1) is 20.3. The van der Waals surface area contributed by atoms with Gasteiger partial charge < -0.3 is 14.4 Å². The van der Waals surface area contributed by atoms with E-state index in [1.165, 1.54) is 18.0 Å². The molecular formula is C32H42F3N3O5Si. The molecule has 3 rings (SSSR count). The third-order valence-corrected chi connectivity index (χ3v) is 12.8. The van der Waals surface area contributed by atoms with Crippen molar-refractivity contribution in [1.82, 2.24) is 14.9 Å². The van der Waals surface area contributed by atoms with E-state index in [9.17, 15) is 32.7 Å². The second-order valence-electron chi connectivity index (χ2n) is 12.6. The molecule has 8 nitrogen and oxygen atoms in total. The average Bonchev–Trinajstić information content (AvgIpc) is 2.92. The standard InChI is InChI=1S/C32H42F3N3O5Si/c1-21(43-44(7,8)31(4,5)6)28-30(42)38(27(20-36(28)22(2)39)25-17-13-10-14-18-25)37(23(3)40)26(29(41)32(33,34)35)19-24-15-11-9-12-16-24/h9-18,20-21,26,28-29,41H,19H2,1-8H3. The van der Waals surface area contributed by atoms with Gasteiger partial charge in [0, 0.05) is 25.6 Å². The van der Waals surface area contributed by atoms with Crippen molar-refractivity contribution in [3.8, 4) is 0 Å². The Morgan fingerprint density at radius 2 is 1.52 bits per heavy atom. The van der Waals surface area contributed by atoms with Crippen LogP contribution in [0.1, 0.15) is 52.7 Å². The maximum absolute atomic E-state index is 14.6. The van der Waals surface area contributed by atoms with Crippen LogP contribution in [-0.4, -0.2) is 76.5 Å². The van der Waals surface area contributed by atoms with E-state index in [1.807, 2.05) is 33.9 Å². The summed E-state index contributed by atoms with van der Waals surface area (Å²) in [5.41, 5.74) is 0.789. The minimum Gasteiger partial charge on any atom is -0.412 e. The van der Waals surface area contributed by atoms with Crippen molar-refractivity contribution in [3.05, 3.63) is 78.0 Å². The molecule has 0 spiro atoms. The number of rotatable bonds is 9. The Kier molecular flexibility index (Phi) is 10.5. The number of nitrogens with zero attached hydrogens (tertiary/aromatic N) is 3. The predicted molar refractivity (Wildman–Crippen MR) is 164 cm³/mol. The van der Waals surface area contributed by atoms with Gasteiger partial charge in [0.05, 0.1) is 17.8 Å². The Morgan fingerprint density at radius 3 is 1.98 bits per heavy atom. The summed E-state index contributed by atoms with van der Waals surface area (Å²) in [7, 11) is -2.51. The summed E-state index contributed by atoms with van der Waals surface area (Å²) in [4.78, 5) is 42.3. The molecule has 1 N–H and O–H groups in total. The molecule has 0 fully saturated rings. The van der Waals surface area contributed by atoms with E-state index >= 15 is 0 Å². The molecule has 2 aromatic rings. The number of amides is 3. The summed E-state index contributed by atoms with van der Waals surface area (Å²) in [6, 6.07) is 13.2. The molecule has 1 aliphatic heterocycles. The van der Waals surface area contributed by atoms with Crippen molar-refractivity contribution in [2.24, 2.45) is 0 Å². The van der Waals surface area contributed by atoms with Gasteiger partial charge in [-0.3, -0.25) is 14.4 Å². The second kappa shape index (κ2) is 13.3. The number of hydrazine groups is 1. The molecule has 44 heavy (non-hydrogen) atoms. The third kappa shape index (κ3) is 7.59. The van der Waals surface area contributed by atoms with Crippen LogP contribution in [0.3, 0.4) is 0 Å². The minimum absolute atomic E-state index is 0.00390. The molecule has 0 aliphatic carbocycles. The van der Waals surface area contributed by atoms with Gasteiger partial charge in [0.25, 0.3) is 5.91 Å². The monoisotopic (exact) mass is 633 g/mol. The zero-order valence-corrected chi connectivity index (χ0v) is 27.4. The molecule has 1 aliphatic rings. The number of carbonyl (C=O) groups excluding carboxylic acids is 3. The highest BCUT2D eigenvalue weighted by Gasteiger charge is 2.52. The largest absolute Gasteiger partial charge is 0.416 e. The van der Waals surface area contributed by atoms with E-state index in [2.05, 4.69) is 0 Å². The van der Waals surface area contributed by atoms with Crippen LogP contribution in [0.4, 0.5) is 13.2 Å². The van der Waals surface area contributed by atoms with Gasteiger partial charge >= 0.3 is 6.18 Å². The molecule has 0 radical (unpaired) electrons. The summed E-state index contributed by atoms with van der Waals surface area (Å²) in [5.74, 6) is -2.24. The number of halogens is 3. The lowest BCUT2D eigenvalue weighted by molar-refractivity contribution is -0.232. The van der Waals surface area contributed by atoms with E-state index in [0.29, 0.717) is 16.1 Å². The molecular weight excluding hydrogens is 591 g/mol. The lowest BCUT2D eigenvalue weighted by Crippen LogP contribution is -2.66. The lowest BCUT2D eigenvalue weighted by atomic mass is 9.98. The van der Waals surface area contributed by atoms with Crippen molar-refractivity contribution >= 4 is 31.7 Å². The first kappa shape index (κ1) is 35.0. The summed E-state index contributed by atoms with van der Waals surface area (Å²) in [6.07, 6.45) is -8.06. The van der Waals surface area contributed by atoms with Crippen LogP contribution in [0.5, 0.6) is 0 Å². The van der Waals surface area contributed by atoms with Crippen molar-refractivity contribution in [2.75, 3.05) is 0 Å². The van der Waals surface area contributed by atoms with Gasteiger partial charge in [-0.1, -0.05) is 81.4 Å². The molecule has 0 saturated heterocycles. The van der Waals surface area contributed by atoms with E-state index < -0.39 is 62.9 Å². The summed E-state index contributed by atoms with van der Waals surface area (Å²) < 4.78 is 49.1. The van der Waals surface area contributed by atoms with Crippen LogP contribution in [0.15, 0.2) is 66.9 Å². The molecule has 0 saturated carbocycles. The summed E-state index contributed by atoms with van der Waals surface area (Å²) in [5, 5.41) is 12.0. The Labute approximate surface area is 258 Å². The number of aliphatic hydroxyl groups is 1. The van der Waals surface area contributed by atoms with Crippen molar-refractivity contribution in [3.63, 3.8) is 0 Å². The SMILES string of the molecule is CC(=O)N1C=C(c2ccccc2)N(N(C(C)=O)C(Cc2ccccc2)C(O)C(F)(F)F)C(=O)C1C(C)O[Si](C)(C)C(C)(C)C. The summed E-state index contributed by atoms with van der Waals surface area (Å²) >= 11 is 0. The number of hydrogen-bond acceptors (Lipinski definition) is 5. The van der Waals surface area contributed by atoms with E-state index in [0.717, 1.165) is 11.9 Å². The van der Waals surface area contributed by atoms with Crippen LogP contribution in [0.25, 0.3) is 5.70 Å². The molecule has 1 heterocycles. The minimum atomic E-state index is -5.12. The van der Waals surface area contributed by atoms with Gasteiger partial charge in [0.15, 0.2) is 14.4 Å². The van der Waals surface area contributed by atoms with Crippen molar-refractivity contribution in [2.45, 2.75) is 96.6 Å². The normalized spacial score (nSPS) is 18.4. The third-order valence-electron chi connectivity index (χ3n) is 8.26. The van der Waals surface area contributed by atoms with E-state index in [-0.39, 0.29) is 10.7 Å². The highest BCUT2D eigenvalue weighted by molar-refractivity contribution is 6.74. The first-order valence-corrected chi connectivity index (χ1v) is 17.3. The van der Waals surface area contributed by atoms with Gasteiger partial charge in [-0.2, -0.15) is 13.2 Å². The fourth-order valence-corrected chi connectivity index (χ4v) is 6.42. The van der Waals surface area contributed by atoms with Gasteiger partial charge in [0.2, 0.25) is 11.8 Å². The van der Waals surface area contributed by atoms with E-state index in [1.54, 1.807) is 67.6 Å². The maximum atomic E-state index is 14.6. The fourth-order valence-electron chi connectivity index (χ4n) is 5.01. The average molecular weight is 634 g/mol. The van der Waals surface area contributed by atoms with Crippen molar-refractivity contribution < 1.29 is 37.1 Å². The Balaban J connectivity index is 2.28. The van der Waals surface area contributed by atoms with Crippen LogP contribution >= 0.6 is 0 Å². The number of aliphatic hydroxyl groups excluding tert-OH is 1. The number of alkyl halides is 3. The molecule has 12 heteroatoms. The summed E-state index contributed by atoms with van der Waals surface area (Å²) in [6.45, 7) is 14.0. The number of benzene rings is 2.